The molecular formula is C29H29F3O2. The standard InChI is InChI=1S/C29H29F3O2/c1-3-4-5-6-19-7-15-26(34-18-19)22-12-13-23(25(30)17-22)20-8-10-21(11-9-20)24-14-16-27(33-2)29(32)28(24)31/h3-4,8-14,16-17,19,26H,5-7,15,18H2,1-2H3. The van der Waals surface area contributed by atoms with E-state index in [0.29, 0.717) is 29.2 Å². The molecule has 2 atom stereocenters. The summed E-state index contributed by atoms with van der Waals surface area (Å²) in [5.41, 5.74) is 2.59. The molecule has 2 unspecified atom stereocenters. The molecule has 0 aliphatic carbocycles. The summed E-state index contributed by atoms with van der Waals surface area (Å²) in [4.78, 5) is 0. The summed E-state index contributed by atoms with van der Waals surface area (Å²) in [6, 6.07) is 14.8. The van der Waals surface area contributed by atoms with E-state index in [0.717, 1.165) is 31.2 Å². The fraction of sp³-hybridized carbons (Fsp3) is 0.310. The Hall–Kier alpha value is -3.05. The van der Waals surface area contributed by atoms with Gasteiger partial charge in [0, 0.05) is 11.1 Å². The highest BCUT2D eigenvalue weighted by Crippen LogP contribution is 2.35. The molecule has 2 nitrogen and oxygen atoms in total. The largest absolute Gasteiger partial charge is 0.494 e. The summed E-state index contributed by atoms with van der Waals surface area (Å²) in [7, 11) is 1.29. The van der Waals surface area contributed by atoms with Crippen molar-refractivity contribution in [2.75, 3.05) is 13.7 Å². The maximum atomic E-state index is 15.0. The normalized spacial score (nSPS) is 18.4. The van der Waals surface area contributed by atoms with E-state index in [9.17, 15) is 8.78 Å². The Labute approximate surface area is 199 Å². The lowest BCUT2D eigenvalue weighted by molar-refractivity contribution is -0.0191. The number of allylic oxidation sites excluding steroid dienone is 2. The predicted molar refractivity (Wildman–Crippen MR) is 129 cm³/mol. The van der Waals surface area contributed by atoms with Crippen molar-refractivity contribution in [3.63, 3.8) is 0 Å². The molecule has 34 heavy (non-hydrogen) atoms. The lowest BCUT2D eigenvalue weighted by Gasteiger charge is -2.29. The van der Waals surface area contributed by atoms with Gasteiger partial charge in [0.05, 0.1) is 19.8 Å². The summed E-state index contributed by atoms with van der Waals surface area (Å²) in [5, 5.41) is 0. The first-order valence-corrected chi connectivity index (χ1v) is 11.7. The Morgan fingerprint density at radius 3 is 2.24 bits per heavy atom. The Balaban J connectivity index is 1.46. The molecule has 0 bridgehead atoms. The van der Waals surface area contributed by atoms with Crippen LogP contribution in [0.2, 0.25) is 0 Å². The topological polar surface area (TPSA) is 18.5 Å². The van der Waals surface area contributed by atoms with E-state index < -0.39 is 11.6 Å². The second-order valence-electron chi connectivity index (χ2n) is 8.67. The van der Waals surface area contributed by atoms with Gasteiger partial charge in [-0.3, -0.25) is 0 Å². The minimum atomic E-state index is -1.03. The first-order valence-electron chi connectivity index (χ1n) is 11.7. The van der Waals surface area contributed by atoms with Crippen LogP contribution in [0, 0.1) is 23.4 Å². The van der Waals surface area contributed by atoms with Crippen LogP contribution in [0.3, 0.4) is 0 Å². The third kappa shape index (κ3) is 5.20. The van der Waals surface area contributed by atoms with E-state index in [1.807, 2.05) is 13.0 Å². The quantitative estimate of drug-likeness (QED) is 0.326. The van der Waals surface area contributed by atoms with Crippen LogP contribution in [0.5, 0.6) is 5.75 Å². The van der Waals surface area contributed by atoms with E-state index in [4.69, 9.17) is 9.47 Å². The number of benzene rings is 3. The van der Waals surface area contributed by atoms with Crippen molar-refractivity contribution >= 4 is 0 Å². The summed E-state index contributed by atoms with van der Waals surface area (Å²) in [6.07, 6.45) is 8.31. The average Bonchev–Trinajstić information content (AvgIpc) is 2.86. The van der Waals surface area contributed by atoms with Gasteiger partial charge in [-0.1, -0.05) is 48.6 Å². The van der Waals surface area contributed by atoms with Crippen LogP contribution < -0.4 is 4.74 Å². The molecule has 5 heteroatoms. The maximum Gasteiger partial charge on any atom is 0.201 e. The Morgan fingerprint density at radius 2 is 1.62 bits per heavy atom. The molecule has 3 aromatic carbocycles. The molecule has 1 fully saturated rings. The highest BCUT2D eigenvalue weighted by molar-refractivity contribution is 5.71. The van der Waals surface area contributed by atoms with Gasteiger partial charge in [0.1, 0.15) is 5.82 Å². The van der Waals surface area contributed by atoms with Gasteiger partial charge in [0.15, 0.2) is 11.6 Å². The molecule has 0 saturated carbocycles. The van der Waals surface area contributed by atoms with Crippen LogP contribution in [0.1, 0.15) is 44.3 Å². The predicted octanol–water partition coefficient (Wildman–Crippen LogP) is 8.27. The van der Waals surface area contributed by atoms with Crippen LogP contribution in [0.15, 0.2) is 66.7 Å². The summed E-state index contributed by atoms with van der Waals surface area (Å²) >= 11 is 0. The molecule has 1 aliphatic rings. The lowest BCUT2D eigenvalue weighted by atomic mass is 9.91. The van der Waals surface area contributed by atoms with Gasteiger partial charge >= 0.3 is 0 Å². The Morgan fingerprint density at radius 1 is 0.912 bits per heavy atom. The first-order chi connectivity index (χ1) is 16.5. The van der Waals surface area contributed by atoms with Gasteiger partial charge in [0.25, 0.3) is 0 Å². The summed E-state index contributed by atoms with van der Waals surface area (Å²) < 4.78 is 54.4. The fourth-order valence-corrected chi connectivity index (χ4v) is 4.50. The molecule has 1 heterocycles. The van der Waals surface area contributed by atoms with Crippen molar-refractivity contribution in [1.29, 1.82) is 0 Å². The number of hydrogen-bond donors (Lipinski definition) is 0. The molecule has 0 amide bonds. The molecule has 3 aromatic rings. The van der Waals surface area contributed by atoms with Crippen LogP contribution in [-0.4, -0.2) is 13.7 Å². The molecule has 1 aliphatic heterocycles. The fourth-order valence-electron chi connectivity index (χ4n) is 4.50. The molecule has 0 aromatic heterocycles. The second kappa shape index (κ2) is 10.9. The van der Waals surface area contributed by atoms with Gasteiger partial charge in [-0.25, -0.2) is 8.78 Å². The van der Waals surface area contributed by atoms with Crippen molar-refractivity contribution < 1.29 is 22.6 Å². The average molecular weight is 467 g/mol. The molecule has 1 saturated heterocycles. The molecule has 0 radical (unpaired) electrons. The second-order valence-corrected chi connectivity index (χ2v) is 8.67. The maximum absolute atomic E-state index is 15.0. The van der Waals surface area contributed by atoms with E-state index in [2.05, 4.69) is 12.2 Å². The lowest BCUT2D eigenvalue weighted by Crippen LogP contribution is -2.20. The van der Waals surface area contributed by atoms with E-state index in [1.165, 1.54) is 19.2 Å². The van der Waals surface area contributed by atoms with Crippen molar-refractivity contribution in [3.8, 4) is 28.0 Å². The smallest absolute Gasteiger partial charge is 0.201 e. The van der Waals surface area contributed by atoms with E-state index in [1.54, 1.807) is 36.4 Å². The minimum Gasteiger partial charge on any atom is -0.494 e. The molecular weight excluding hydrogens is 437 g/mol. The number of hydrogen-bond acceptors (Lipinski definition) is 2. The number of methoxy groups -OCH3 is 1. The zero-order chi connectivity index (χ0) is 24.1. The van der Waals surface area contributed by atoms with Crippen LogP contribution in [-0.2, 0) is 4.74 Å². The highest BCUT2D eigenvalue weighted by Gasteiger charge is 2.23. The minimum absolute atomic E-state index is 0.0863. The van der Waals surface area contributed by atoms with Gasteiger partial charge in [-0.15, -0.1) is 0 Å². The third-order valence-corrected chi connectivity index (χ3v) is 6.49. The van der Waals surface area contributed by atoms with E-state index in [-0.39, 0.29) is 23.2 Å². The number of rotatable bonds is 7. The molecule has 0 spiro atoms. The zero-order valence-electron chi connectivity index (χ0n) is 19.5. The van der Waals surface area contributed by atoms with Crippen LogP contribution in [0.4, 0.5) is 13.2 Å². The van der Waals surface area contributed by atoms with Gasteiger partial charge in [-0.05, 0) is 73.4 Å². The third-order valence-electron chi connectivity index (χ3n) is 6.49. The number of halogens is 3. The Kier molecular flexibility index (Phi) is 7.73. The van der Waals surface area contributed by atoms with Gasteiger partial charge < -0.3 is 9.47 Å². The highest BCUT2D eigenvalue weighted by atomic mass is 19.2. The SMILES string of the molecule is CC=CCCC1CCC(c2ccc(-c3ccc(-c4ccc(OC)c(F)c4F)cc3)c(F)c2)OC1. The Bertz CT molecular complexity index is 1150. The molecule has 178 valence electrons. The van der Waals surface area contributed by atoms with Crippen molar-refractivity contribution in [2.45, 2.75) is 38.7 Å². The van der Waals surface area contributed by atoms with Crippen LogP contribution in [0.25, 0.3) is 22.3 Å². The molecule has 4 rings (SSSR count). The van der Waals surface area contributed by atoms with Crippen LogP contribution >= 0.6 is 0 Å². The summed E-state index contributed by atoms with van der Waals surface area (Å²) in [6.45, 7) is 2.73. The van der Waals surface area contributed by atoms with Crippen molar-refractivity contribution in [1.82, 2.24) is 0 Å². The van der Waals surface area contributed by atoms with E-state index >= 15 is 4.39 Å². The summed E-state index contributed by atoms with van der Waals surface area (Å²) in [5.74, 6) is -1.92. The van der Waals surface area contributed by atoms with Gasteiger partial charge in [-0.2, -0.15) is 4.39 Å². The van der Waals surface area contributed by atoms with Gasteiger partial charge in [0.2, 0.25) is 5.82 Å². The first kappa shape index (κ1) is 24.1. The number of ether oxygens (including phenoxy) is 2. The van der Waals surface area contributed by atoms with Crippen molar-refractivity contribution in [2.24, 2.45) is 5.92 Å². The van der Waals surface area contributed by atoms with Crippen molar-refractivity contribution in [3.05, 3.63) is 89.8 Å². The molecule has 0 N–H and O–H groups in total. The monoisotopic (exact) mass is 466 g/mol. The zero-order valence-corrected chi connectivity index (χ0v) is 19.5.